The lowest BCUT2D eigenvalue weighted by atomic mass is 10.1. The van der Waals surface area contributed by atoms with E-state index in [-0.39, 0.29) is 11.5 Å². The number of methoxy groups -OCH3 is 2. The van der Waals surface area contributed by atoms with E-state index in [2.05, 4.69) is 21.4 Å². The summed E-state index contributed by atoms with van der Waals surface area (Å²) >= 11 is 0. The number of hydrogen-bond acceptors (Lipinski definition) is 8. The number of nitrogens with one attached hydrogen (secondary N) is 1. The molecule has 1 N–H and O–H groups in total. The van der Waals surface area contributed by atoms with E-state index in [1.165, 1.54) is 26.8 Å². The van der Waals surface area contributed by atoms with Gasteiger partial charge in [-0.15, -0.1) is 0 Å². The van der Waals surface area contributed by atoms with Gasteiger partial charge in [0.05, 0.1) is 31.7 Å². The number of esters is 1. The van der Waals surface area contributed by atoms with Crippen LogP contribution in [0.5, 0.6) is 11.6 Å². The lowest BCUT2D eigenvalue weighted by molar-refractivity contribution is -0.133. The molecule has 0 unspecified atom stereocenters. The third-order valence-electron chi connectivity index (χ3n) is 3.99. The number of hydrogen-bond donors (Lipinski definition) is 1. The predicted octanol–water partition coefficient (Wildman–Crippen LogP) is 4.04. The minimum absolute atomic E-state index is 0.200. The van der Waals surface area contributed by atoms with Crippen LogP contribution in [0.4, 0.5) is 11.5 Å². The van der Waals surface area contributed by atoms with E-state index >= 15 is 0 Å². The van der Waals surface area contributed by atoms with Gasteiger partial charge < -0.3 is 19.5 Å². The molecular formula is C22H18N4O4. The molecular weight excluding hydrogens is 384 g/mol. The lowest BCUT2D eigenvalue weighted by Crippen LogP contribution is -2.06. The smallest absolute Gasteiger partial charge is 0.341 e. The zero-order valence-corrected chi connectivity index (χ0v) is 16.3. The highest BCUT2D eigenvalue weighted by Crippen LogP contribution is 2.31. The number of nitriles is 1. The van der Waals surface area contributed by atoms with E-state index in [0.717, 1.165) is 0 Å². The SMILES string of the molecule is CO/C=C(/C(=O)OC)c1ccccc1Oc1cc(Nc2ccccc2C#N)ncn1. The number of carbonyl (C=O) groups excluding carboxylic acids is 1. The number of para-hydroxylation sites is 2. The Labute approximate surface area is 173 Å². The largest absolute Gasteiger partial charge is 0.503 e. The molecule has 0 radical (unpaired) electrons. The van der Waals surface area contributed by atoms with Crippen molar-refractivity contribution in [1.29, 1.82) is 5.26 Å². The molecule has 0 saturated carbocycles. The molecule has 150 valence electrons. The van der Waals surface area contributed by atoms with Crippen LogP contribution >= 0.6 is 0 Å². The van der Waals surface area contributed by atoms with E-state index in [1.54, 1.807) is 48.5 Å². The molecule has 0 atom stereocenters. The van der Waals surface area contributed by atoms with Crippen LogP contribution < -0.4 is 10.1 Å². The van der Waals surface area contributed by atoms with Crippen LogP contribution in [-0.2, 0) is 14.3 Å². The van der Waals surface area contributed by atoms with Crippen molar-refractivity contribution in [1.82, 2.24) is 9.97 Å². The monoisotopic (exact) mass is 402 g/mol. The Morgan fingerprint density at radius 2 is 1.87 bits per heavy atom. The van der Waals surface area contributed by atoms with Crippen LogP contribution in [0.1, 0.15) is 11.1 Å². The fraction of sp³-hybridized carbons (Fsp3) is 0.0909. The number of benzene rings is 2. The second-order valence-electron chi connectivity index (χ2n) is 5.88. The van der Waals surface area contributed by atoms with E-state index in [1.807, 2.05) is 6.07 Å². The molecule has 0 fully saturated rings. The van der Waals surface area contributed by atoms with Gasteiger partial charge in [0, 0.05) is 11.6 Å². The molecule has 0 aliphatic rings. The van der Waals surface area contributed by atoms with Crippen LogP contribution in [0, 0.1) is 11.3 Å². The van der Waals surface area contributed by atoms with Crippen molar-refractivity contribution >= 4 is 23.0 Å². The Morgan fingerprint density at radius 3 is 2.63 bits per heavy atom. The van der Waals surface area contributed by atoms with E-state index < -0.39 is 5.97 Å². The fourth-order valence-electron chi connectivity index (χ4n) is 2.63. The van der Waals surface area contributed by atoms with Crippen molar-refractivity contribution in [2.75, 3.05) is 19.5 Å². The number of nitrogens with zero attached hydrogens (tertiary/aromatic N) is 3. The minimum atomic E-state index is -0.564. The zero-order valence-electron chi connectivity index (χ0n) is 16.3. The first-order valence-electron chi connectivity index (χ1n) is 8.83. The van der Waals surface area contributed by atoms with Gasteiger partial charge in [0.1, 0.15) is 29.5 Å². The maximum Gasteiger partial charge on any atom is 0.341 e. The van der Waals surface area contributed by atoms with Gasteiger partial charge in [0.2, 0.25) is 5.88 Å². The summed E-state index contributed by atoms with van der Waals surface area (Å²) in [6, 6.07) is 17.7. The average Bonchev–Trinajstić information content (AvgIpc) is 2.78. The Balaban J connectivity index is 1.90. The maximum atomic E-state index is 12.1. The molecule has 3 aromatic rings. The molecule has 0 spiro atoms. The molecule has 2 aromatic carbocycles. The summed E-state index contributed by atoms with van der Waals surface area (Å²) in [5.74, 6) is 0.510. The molecule has 8 nitrogen and oxygen atoms in total. The molecule has 0 aliphatic carbocycles. The molecule has 30 heavy (non-hydrogen) atoms. The summed E-state index contributed by atoms with van der Waals surface area (Å²) in [6.45, 7) is 0. The summed E-state index contributed by atoms with van der Waals surface area (Å²) in [5, 5.41) is 12.3. The van der Waals surface area contributed by atoms with Gasteiger partial charge in [-0.3, -0.25) is 0 Å². The Hall–Kier alpha value is -4.38. The summed E-state index contributed by atoms with van der Waals surface area (Å²) in [6.07, 6.45) is 2.63. The van der Waals surface area contributed by atoms with Crippen LogP contribution in [0.15, 0.2) is 67.2 Å². The second kappa shape index (κ2) is 9.71. The van der Waals surface area contributed by atoms with E-state index in [4.69, 9.17) is 14.2 Å². The summed E-state index contributed by atoms with van der Waals surface area (Å²) < 4.78 is 15.7. The van der Waals surface area contributed by atoms with Gasteiger partial charge >= 0.3 is 5.97 Å². The highest BCUT2D eigenvalue weighted by Gasteiger charge is 2.18. The van der Waals surface area contributed by atoms with Gasteiger partial charge in [-0.25, -0.2) is 14.8 Å². The quantitative estimate of drug-likeness (QED) is 0.358. The number of carbonyl (C=O) groups is 1. The number of ether oxygens (including phenoxy) is 3. The normalized spacial score (nSPS) is 10.6. The molecule has 0 amide bonds. The van der Waals surface area contributed by atoms with Gasteiger partial charge in [0.25, 0.3) is 0 Å². The maximum absolute atomic E-state index is 12.1. The molecule has 0 bridgehead atoms. The molecule has 1 heterocycles. The average molecular weight is 402 g/mol. The van der Waals surface area contributed by atoms with E-state index in [9.17, 15) is 10.1 Å². The zero-order chi connectivity index (χ0) is 21.3. The van der Waals surface area contributed by atoms with Crippen molar-refractivity contribution in [2.45, 2.75) is 0 Å². The highest BCUT2D eigenvalue weighted by atomic mass is 16.5. The Morgan fingerprint density at radius 1 is 1.10 bits per heavy atom. The van der Waals surface area contributed by atoms with Crippen LogP contribution in [0.3, 0.4) is 0 Å². The van der Waals surface area contributed by atoms with Crippen LogP contribution in [0.2, 0.25) is 0 Å². The molecule has 8 heteroatoms. The number of aromatic nitrogens is 2. The molecule has 0 aliphatic heterocycles. The third kappa shape index (κ3) is 4.72. The lowest BCUT2D eigenvalue weighted by Gasteiger charge is -2.13. The first-order valence-corrected chi connectivity index (χ1v) is 8.83. The summed E-state index contributed by atoms with van der Waals surface area (Å²) in [5.41, 5.74) is 1.78. The Kier molecular flexibility index (Phi) is 6.59. The van der Waals surface area contributed by atoms with Gasteiger partial charge in [-0.2, -0.15) is 5.26 Å². The number of rotatable bonds is 7. The Bertz CT molecular complexity index is 1120. The first kappa shape index (κ1) is 20.4. The third-order valence-corrected chi connectivity index (χ3v) is 3.99. The van der Waals surface area contributed by atoms with Gasteiger partial charge in [-0.05, 0) is 18.2 Å². The van der Waals surface area contributed by atoms with Crippen molar-refractivity contribution in [3.05, 3.63) is 78.3 Å². The summed E-state index contributed by atoms with van der Waals surface area (Å²) in [4.78, 5) is 20.4. The number of anilines is 2. The van der Waals surface area contributed by atoms with Gasteiger partial charge in [-0.1, -0.05) is 30.3 Å². The van der Waals surface area contributed by atoms with Crippen LogP contribution in [-0.4, -0.2) is 30.2 Å². The topological polar surface area (TPSA) is 106 Å². The molecule has 0 saturated heterocycles. The fourth-order valence-corrected chi connectivity index (χ4v) is 2.63. The van der Waals surface area contributed by atoms with E-state index in [0.29, 0.717) is 28.4 Å². The van der Waals surface area contributed by atoms with Crippen molar-refractivity contribution in [3.8, 4) is 17.7 Å². The first-order chi connectivity index (χ1) is 14.7. The predicted molar refractivity (Wildman–Crippen MR) is 110 cm³/mol. The second-order valence-corrected chi connectivity index (χ2v) is 5.88. The molecule has 3 rings (SSSR count). The standard InChI is InChI=1S/C22H18N4O4/c1-28-13-17(22(27)29-2)16-8-4-6-10-19(16)30-21-11-20(24-14-25-21)26-18-9-5-3-7-15(18)12-23/h3-11,13-14H,1-2H3,(H,24,25,26)/b17-13+. The van der Waals surface area contributed by atoms with Gasteiger partial charge in [0.15, 0.2) is 0 Å². The van der Waals surface area contributed by atoms with Crippen molar-refractivity contribution in [2.24, 2.45) is 0 Å². The summed E-state index contributed by atoms with van der Waals surface area (Å²) in [7, 11) is 2.73. The van der Waals surface area contributed by atoms with Crippen LogP contribution in [0.25, 0.3) is 5.57 Å². The highest BCUT2D eigenvalue weighted by molar-refractivity contribution is 6.17. The van der Waals surface area contributed by atoms with Crippen molar-refractivity contribution in [3.63, 3.8) is 0 Å². The van der Waals surface area contributed by atoms with Crippen molar-refractivity contribution < 1.29 is 19.0 Å². The minimum Gasteiger partial charge on any atom is -0.503 e. The molecule has 1 aromatic heterocycles.